The minimum atomic E-state index is 0.603. The number of pyridine rings is 1. The summed E-state index contributed by atoms with van der Waals surface area (Å²) in [7, 11) is 3.86. The summed E-state index contributed by atoms with van der Waals surface area (Å²) in [5.41, 5.74) is 0. The molecule has 90 valence electrons. The van der Waals surface area contributed by atoms with Crippen LogP contribution in [-0.2, 0) is 0 Å². The maximum absolute atomic E-state index is 6.08. The van der Waals surface area contributed by atoms with E-state index >= 15 is 0 Å². The van der Waals surface area contributed by atoms with Gasteiger partial charge in [-0.25, -0.2) is 4.98 Å². The predicted molar refractivity (Wildman–Crippen MR) is 75.3 cm³/mol. The van der Waals surface area contributed by atoms with E-state index in [1.807, 2.05) is 25.1 Å². The van der Waals surface area contributed by atoms with Crippen molar-refractivity contribution in [1.82, 2.24) is 15.2 Å². The summed E-state index contributed by atoms with van der Waals surface area (Å²) in [6.07, 6.45) is 1.71. The molecule has 0 saturated heterocycles. The molecule has 0 unspecified atom stereocenters. The molecule has 0 fully saturated rings. The standard InChI is InChI=1S/C9H8BrClN4S2/c1-15(2)8-13-14-9(17-8)16-7-6(11)3-5(10)4-12-7/h3-4H,1-2H3. The second-order valence-electron chi connectivity index (χ2n) is 3.29. The van der Waals surface area contributed by atoms with E-state index in [9.17, 15) is 0 Å². The van der Waals surface area contributed by atoms with Crippen LogP contribution >= 0.6 is 50.6 Å². The Bertz CT molecular complexity index is 531. The molecule has 0 atom stereocenters. The van der Waals surface area contributed by atoms with Crippen LogP contribution in [0.1, 0.15) is 0 Å². The Balaban J connectivity index is 2.19. The lowest BCUT2D eigenvalue weighted by Gasteiger charge is -2.03. The molecule has 0 bridgehead atoms. The van der Waals surface area contributed by atoms with Gasteiger partial charge in [0, 0.05) is 24.8 Å². The molecule has 4 nitrogen and oxygen atoms in total. The van der Waals surface area contributed by atoms with E-state index < -0.39 is 0 Å². The third-order valence-electron chi connectivity index (χ3n) is 1.74. The second-order valence-corrected chi connectivity index (χ2v) is 6.80. The van der Waals surface area contributed by atoms with Gasteiger partial charge in [0.1, 0.15) is 5.03 Å². The Labute approximate surface area is 121 Å². The smallest absolute Gasteiger partial charge is 0.208 e. The lowest BCUT2D eigenvalue weighted by atomic mass is 10.5. The summed E-state index contributed by atoms with van der Waals surface area (Å²) in [6, 6.07) is 1.81. The molecule has 0 N–H and O–H groups in total. The fourth-order valence-corrected chi connectivity index (χ4v) is 3.37. The van der Waals surface area contributed by atoms with Gasteiger partial charge < -0.3 is 4.90 Å². The van der Waals surface area contributed by atoms with Gasteiger partial charge in [-0.05, 0) is 33.8 Å². The molecule has 0 amide bonds. The summed E-state index contributed by atoms with van der Waals surface area (Å²) < 4.78 is 1.68. The molecule has 0 aliphatic carbocycles. The summed E-state index contributed by atoms with van der Waals surface area (Å²) in [5, 5.41) is 10.3. The monoisotopic (exact) mass is 350 g/mol. The lowest BCUT2D eigenvalue weighted by Crippen LogP contribution is -2.07. The van der Waals surface area contributed by atoms with Crippen LogP contribution in [0.3, 0.4) is 0 Å². The van der Waals surface area contributed by atoms with E-state index in [2.05, 4.69) is 31.1 Å². The molecule has 2 rings (SSSR count). The zero-order valence-electron chi connectivity index (χ0n) is 9.02. The van der Waals surface area contributed by atoms with Crippen LogP contribution in [-0.4, -0.2) is 29.3 Å². The fourth-order valence-electron chi connectivity index (χ4n) is 0.984. The van der Waals surface area contributed by atoms with Crippen LogP contribution < -0.4 is 4.90 Å². The number of nitrogens with zero attached hydrogens (tertiary/aromatic N) is 4. The van der Waals surface area contributed by atoms with Crippen molar-refractivity contribution in [1.29, 1.82) is 0 Å². The average Bonchev–Trinajstić information content (AvgIpc) is 2.71. The van der Waals surface area contributed by atoms with Crippen molar-refractivity contribution in [2.75, 3.05) is 19.0 Å². The van der Waals surface area contributed by atoms with Gasteiger partial charge >= 0.3 is 0 Å². The molecule has 0 aliphatic heterocycles. The van der Waals surface area contributed by atoms with Crippen LogP contribution in [0.5, 0.6) is 0 Å². The quantitative estimate of drug-likeness (QED) is 0.845. The first-order valence-electron chi connectivity index (χ1n) is 4.56. The van der Waals surface area contributed by atoms with Crippen LogP contribution in [0.15, 0.2) is 26.1 Å². The minimum Gasteiger partial charge on any atom is -0.353 e. The van der Waals surface area contributed by atoms with E-state index in [1.165, 1.54) is 23.1 Å². The molecule has 0 aromatic carbocycles. The van der Waals surface area contributed by atoms with E-state index in [4.69, 9.17) is 11.6 Å². The first kappa shape index (κ1) is 13.1. The topological polar surface area (TPSA) is 41.9 Å². The highest BCUT2D eigenvalue weighted by molar-refractivity contribution is 9.10. The maximum Gasteiger partial charge on any atom is 0.208 e. The van der Waals surface area contributed by atoms with Crippen molar-refractivity contribution in [3.8, 4) is 0 Å². The summed E-state index contributed by atoms with van der Waals surface area (Å²) in [6.45, 7) is 0. The van der Waals surface area contributed by atoms with Gasteiger partial charge in [-0.1, -0.05) is 22.9 Å². The number of halogens is 2. The lowest BCUT2D eigenvalue weighted by molar-refractivity contribution is 0.970. The number of hydrogen-bond acceptors (Lipinski definition) is 6. The number of anilines is 1. The van der Waals surface area contributed by atoms with Gasteiger partial charge in [0.15, 0.2) is 4.34 Å². The van der Waals surface area contributed by atoms with Crippen molar-refractivity contribution in [3.05, 3.63) is 21.8 Å². The summed E-state index contributed by atoms with van der Waals surface area (Å²) in [4.78, 5) is 6.15. The molecule has 2 aromatic rings. The average molecular weight is 352 g/mol. The van der Waals surface area contributed by atoms with Gasteiger partial charge in [0.05, 0.1) is 5.02 Å². The highest BCUT2D eigenvalue weighted by Crippen LogP contribution is 2.35. The fraction of sp³-hybridized carbons (Fsp3) is 0.222. The van der Waals surface area contributed by atoms with Crippen molar-refractivity contribution < 1.29 is 0 Å². The van der Waals surface area contributed by atoms with E-state index in [0.29, 0.717) is 5.02 Å². The first-order chi connectivity index (χ1) is 8.06. The van der Waals surface area contributed by atoms with Crippen LogP contribution in [0, 0.1) is 0 Å². The third-order valence-corrected chi connectivity index (χ3v) is 4.73. The number of hydrogen-bond donors (Lipinski definition) is 0. The molecular weight excluding hydrogens is 344 g/mol. The van der Waals surface area contributed by atoms with E-state index in [0.717, 1.165) is 19.0 Å². The van der Waals surface area contributed by atoms with E-state index in [-0.39, 0.29) is 0 Å². The van der Waals surface area contributed by atoms with Crippen LogP contribution in [0.4, 0.5) is 5.13 Å². The third kappa shape index (κ3) is 3.31. The number of rotatable bonds is 3. The molecule has 17 heavy (non-hydrogen) atoms. The van der Waals surface area contributed by atoms with Crippen LogP contribution in [0.25, 0.3) is 0 Å². The molecule has 0 saturated carbocycles. The Hall–Kier alpha value is -0.370. The minimum absolute atomic E-state index is 0.603. The van der Waals surface area contributed by atoms with Gasteiger partial charge in [0.25, 0.3) is 0 Å². The first-order valence-corrected chi connectivity index (χ1v) is 7.36. The van der Waals surface area contributed by atoms with Gasteiger partial charge in [-0.15, -0.1) is 10.2 Å². The molecule has 2 aromatic heterocycles. The SMILES string of the molecule is CN(C)c1nnc(Sc2ncc(Br)cc2Cl)s1. The summed E-state index contributed by atoms with van der Waals surface area (Å²) in [5.74, 6) is 0. The normalized spacial score (nSPS) is 10.6. The molecule has 8 heteroatoms. The van der Waals surface area contributed by atoms with Gasteiger partial charge in [-0.2, -0.15) is 0 Å². The van der Waals surface area contributed by atoms with Crippen molar-refractivity contribution >= 4 is 55.8 Å². The molecular formula is C9H8BrClN4S2. The largest absolute Gasteiger partial charge is 0.353 e. The number of aromatic nitrogens is 3. The molecule has 2 heterocycles. The van der Waals surface area contributed by atoms with Gasteiger partial charge in [-0.3, -0.25) is 0 Å². The molecule has 0 radical (unpaired) electrons. The maximum atomic E-state index is 6.08. The molecule has 0 aliphatic rings. The van der Waals surface area contributed by atoms with Crippen molar-refractivity contribution in [2.24, 2.45) is 0 Å². The Morgan fingerprint density at radius 3 is 2.76 bits per heavy atom. The molecule has 0 spiro atoms. The Kier molecular flexibility index (Phi) is 4.24. The highest BCUT2D eigenvalue weighted by Gasteiger charge is 2.10. The van der Waals surface area contributed by atoms with Crippen LogP contribution in [0.2, 0.25) is 5.02 Å². The highest BCUT2D eigenvalue weighted by atomic mass is 79.9. The van der Waals surface area contributed by atoms with Gasteiger partial charge in [0.2, 0.25) is 5.13 Å². The predicted octanol–water partition coefficient (Wildman–Crippen LogP) is 3.57. The Morgan fingerprint density at radius 1 is 1.41 bits per heavy atom. The zero-order valence-corrected chi connectivity index (χ0v) is 13.0. The summed E-state index contributed by atoms with van der Waals surface area (Å²) >= 11 is 12.3. The Morgan fingerprint density at radius 2 is 2.18 bits per heavy atom. The van der Waals surface area contributed by atoms with Crippen molar-refractivity contribution in [2.45, 2.75) is 9.37 Å². The second kappa shape index (κ2) is 5.51. The van der Waals surface area contributed by atoms with E-state index in [1.54, 1.807) is 6.20 Å². The zero-order chi connectivity index (χ0) is 12.4. The van der Waals surface area contributed by atoms with Crippen molar-refractivity contribution in [3.63, 3.8) is 0 Å².